The summed E-state index contributed by atoms with van der Waals surface area (Å²) in [5.41, 5.74) is 6.65. The molecule has 1 aromatic heterocycles. The SMILES string of the molecule is Cc1ccc(N=C2NC(=O)/C(=C/c3c(C)n(C)c4ccccc34)S2)cc1C. The third kappa shape index (κ3) is 3.19. The fourth-order valence-electron chi connectivity index (χ4n) is 3.26. The zero-order chi connectivity index (χ0) is 19.1. The number of fused-ring (bicyclic) bond motifs is 1. The second-order valence-electron chi connectivity index (χ2n) is 6.83. The van der Waals surface area contributed by atoms with Gasteiger partial charge in [-0.05, 0) is 67.9 Å². The molecule has 0 saturated carbocycles. The molecule has 1 amide bonds. The van der Waals surface area contributed by atoms with E-state index in [1.807, 2.05) is 43.5 Å². The Morgan fingerprint density at radius 3 is 2.63 bits per heavy atom. The number of carbonyl (C=O) groups excluding carboxylic acids is 1. The Kier molecular flexibility index (Phi) is 4.40. The average molecular weight is 375 g/mol. The molecule has 0 aliphatic carbocycles. The number of benzene rings is 2. The number of hydrogen-bond donors (Lipinski definition) is 1. The lowest BCUT2D eigenvalue weighted by atomic mass is 10.1. The van der Waals surface area contributed by atoms with E-state index in [2.05, 4.69) is 47.8 Å². The lowest BCUT2D eigenvalue weighted by molar-refractivity contribution is -0.115. The molecule has 1 fully saturated rings. The molecule has 1 saturated heterocycles. The van der Waals surface area contributed by atoms with Crippen LogP contribution in [-0.4, -0.2) is 15.6 Å². The molecule has 1 aliphatic rings. The lowest BCUT2D eigenvalue weighted by Gasteiger charge is -2.01. The topological polar surface area (TPSA) is 46.4 Å². The Labute approximate surface area is 163 Å². The number of amides is 1. The predicted octanol–water partition coefficient (Wildman–Crippen LogP) is 5.00. The van der Waals surface area contributed by atoms with Gasteiger partial charge in [0.2, 0.25) is 0 Å². The number of thioether (sulfide) groups is 1. The minimum atomic E-state index is -0.102. The van der Waals surface area contributed by atoms with E-state index in [1.165, 1.54) is 22.9 Å². The lowest BCUT2D eigenvalue weighted by Crippen LogP contribution is -2.19. The van der Waals surface area contributed by atoms with E-state index in [-0.39, 0.29) is 5.91 Å². The molecular formula is C22H21N3OS. The van der Waals surface area contributed by atoms with Gasteiger partial charge in [-0.2, -0.15) is 0 Å². The third-order valence-corrected chi connectivity index (χ3v) is 6.01. The molecule has 0 unspecified atom stereocenters. The monoisotopic (exact) mass is 375 g/mol. The minimum absolute atomic E-state index is 0.102. The van der Waals surface area contributed by atoms with Crippen LogP contribution in [0.1, 0.15) is 22.4 Å². The normalized spacial score (nSPS) is 17.3. The number of aryl methyl sites for hydroxylation is 3. The molecule has 5 heteroatoms. The number of rotatable bonds is 2. The van der Waals surface area contributed by atoms with Crippen molar-refractivity contribution in [3.63, 3.8) is 0 Å². The van der Waals surface area contributed by atoms with Gasteiger partial charge in [-0.1, -0.05) is 24.3 Å². The molecule has 2 heterocycles. The maximum atomic E-state index is 12.5. The summed E-state index contributed by atoms with van der Waals surface area (Å²) in [5, 5.41) is 4.65. The molecule has 0 atom stereocenters. The van der Waals surface area contributed by atoms with E-state index in [4.69, 9.17) is 0 Å². The zero-order valence-electron chi connectivity index (χ0n) is 15.8. The molecule has 2 aromatic carbocycles. The first-order valence-electron chi connectivity index (χ1n) is 8.85. The number of para-hydroxylation sites is 1. The number of amidine groups is 1. The second kappa shape index (κ2) is 6.74. The predicted molar refractivity (Wildman–Crippen MR) is 114 cm³/mol. The molecule has 4 nitrogen and oxygen atoms in total. The van der Waals surface area contributed by atoms with Crippen molar-refractivity contribution in [1.29, 1.82) is 0 Å². The summed E-state index contributed by atoms with van der Waals surface area (Å²) in [7, 11) is 2.05. The smallest absolute Gasteiger partial charge is 0.264 e. The van der Waals surface area contributed by atoms with Crippen LogP contribution in [-0.2, 0) is 11.8 Å². The first kappa shape index (κ1) is 17.6. The summed E-state index contributed by atoms with van der Waals surface area (Å²) in [6.07, 6.45) is 1.97. The highest BCUT2D eigenvalue weighted by Gasteiger charge is 2.25. The van der Waals surface area contributed by atoms with Crippen LogP contribution in [0.4, 0.5) is 5.69 Å². The fraction of sp³-hybridized carbons (Fsp3) is 0.182. The van der Waals surface area contributed by atoms with Crippen LogP contribution in [0.3, 0.4) is 0 Å². The van der Waals surface area contributed by atoms with Gasteiger partial charge in [0.05, 0.1) is 10.6 Å². The largest absolute Gasteiger partial charge is 0.347 e. The zero-order valence-corrected chi connectivity index (χ0v) is 16.6. The quantitative estimate of drug-likeness (QED) is 0.641. The number of aliphatic imine (C=N–C) groups is 1. The van der Waals surface area contributed by atoms with E-state index < -0.39 is 0 Å². The van der Waals surface area contributed by atoms with Crippen LogP contribution in [0.5, 0.6) is 0 Å². The van der Waals surface area contributed by atoms with E-state index in [1.54, 1.807) is 0 Å². The van der Waals surface area contributed by atoms with Gasteiger partial charge in [-0.15, -0.1) is 0 Å². The van der Waals surface area contributed by atoms with Gasteiger partial charge in [0.1, 0.15) is 0 Å². The molecule has 0 spiro atoms. The highest BCUT2D eigenvalue weighted by atomic mass is 32.2. The Hall–Kier alpha value is -2.79. The maximum absolute atomic E-state index is 12.5. The minimum Gasteiger partial charge on any atom is -0.347 e. The van der Waals surface area contributed by atoms with Crippen molar-refractivity contribution in [1.82, 2.24) is 9.88 Å². The standard InChI is InChI=1S/C22H21N3OS/c1-13-9-10-16(11-14(13)2)23-22-24-21(26)20(27-22)12-18-15(3)25(4)19-8-6-5-7-17(18)19/h5-12H,1-4H3,(H,23,24,26)/b20-12-. The second-order valence-corrected chi connectivity index (χ2v) is 7.86. The van der Waals surface area contributed by atoms with Crippen molar-refractivity contribution in [3.8, 4) is 0 Å². The first-order chi connectivity index (χ1) is 12.9. The van der Waals surface area contributed by atoms with Crippen LogP contribution in [0, 0.1) is 20.8 Å². The van der Waals surface area contributed by atoms with Crippen molar-refractivity contribution in [2.45, 2.75) is 20.8 Å². The van der Waals surface area contributed by atoms with Crippen molar-refractivity contribution in [3.05, 3.63) is 69.8 Å². The Bertz CT molecular complexity index is 1140. The number of nitrogens with zero attached hydrogens (tertiary/aromatic N) is 2. The van der Waals surface area contributed by atoms with Crippen LogP contribution in [0.25, 0.3) is 17.0 Å². The summed E-state index contributed by atoms with van der Waals surface area (Å²) in [4.78, 5) is 17.7. The molecule has 1 N–H and O–H groups in total. The average Bonchev–Trinajstić information content (AvgIpc) is 3.11. The van der Waals surface area contributed by atoms with Crippen LogP contribution in [0.2, 0.25) is 0 Å². The summed E-state index contributed by atoms with van der Waals surface area (Å²) in [6.45, 7) is 6.22. The van der Waals surface area contributed by atoms with Crippen molar-refractivity contribution < 1.29 is 4.79 Å². The van der Waals surface area contributed by atoms with Crippen LogP contribution < -0.4 is 5.32 Å². The molecule has 3 aromatic rings. The highest BCUT2D eigenvalue weighted by molar-refractivity contribution is 8.18. The van der Waals surface area contributed by atoms with Gasteiger partial charge >= 0.3 is 0 Å². The number of nitrogens with one attached hydrogen (secondary N) is 1. The Balaban J connectivity index is 1.70. The fourth-order valence-corrected chi connectivity index (χ4v) is 4.08. The van der Waals surface area contributed by atoms with E-state index in [0.29, 0.717) is 10.1 Å². The number of carbonyl (C=O) groups is 1. The molecule has 0 bridgehead atoms. The summed E-state index contributed by atoms with van der Waals surface area (Å²) < 4.78 is 2.16. The van der Waals surface area contributed by atoms with Gasteiger partial charge in [-0.25, -0.2) is 4.99 Å². The van der Waals surface area contributed by atoms with E-state index in [9.17, 15) is 4.79 Å². The Morgan fingerprint density at radius 1 is 1.07 bits per heavy atom. The Morgan fingerprint density at radius 2 is 1.85 bits per heavy atom. The highest BCUT2D eigenvalue weighted by Crippen LogP contribution is 2.32. The van der Waals surface area contributed by atoms with Gasteiger partial charge in [-0.3, -0.25) is 4.79 Å². The molecule has 1 aliphatic heterocycles. The van der Waals surface area contributed by atoms with Gasteiger partial charge < -0.3 is 9.88 Å². The third-order valence-electron chi connectivity index (χ3n) is 5.10. The molecular weight excluding hydrogens is 354 g/mol. The molecule has 0 radical (unpaired) electrons. The van der Waals surface area contributed by atoms with Crippen molar-refractivity contribution in [2.24, 2.45) is 12.0 Å². The van der Waals surface area contributed by atoms with Crippen LogP contribution in [0.15, 0.2) is 52.4 Å². The summed E-state index contributed by atoms with van der Waals surface area (Å²) in [5.74, 6) is -0.102. The van der Waals surface area contributed by atoms with Crippen LogP contribution >= 0.6 is 11.8 Å². The number of aromatic nitrogens is 1. The van der Waals surface area contributed by atoms with Crippen molar-refractivity contribution >= 4 is 45.5 Å². The summed E-state index contributed by atoms with van der Waals surface area (Å²) in [6, 6.07) is 14.3. The van der Waals surface area contributed by atoms with Crippen molar-refractivity contribution in [2.75, 3.05) is 0 Å². The number of hydrogen-bond acceptors (Lipinski definition) is 3. The molecule has 136 valence electrons. The first-order valence-corrected chi connectivity index (χ1v) is 9.66. The summed E-state index contributed by atoms with van der Waals surface area (Å²) >= 11 is 1.39. The van der Waals surface area contributed by atoms with Gasteiger partial charge in [0.25, 0.3) is 5.91 Å². The van der Waals surface area contributed by atoms with Gasteiger partial charge in [0, 0.05) is 29.2 Å². The molecule has 27 heavy (non-hydrogen) atoms. The molecule has 4 rings (SSSR count). The maximum Gasteiger partial charge on any atom is 0.264 e. The van der Waals surface area contributed by atoms with Gasteiger partial charge in [0.15, 0.2) is 5.17 Å². The van der Waals surface area contributed by atoms with E-state index in [0.717, 1.165) is 27.8 Å². The van der Waals surface area contributed by atoms with E-state index >= 15 is 0 Å².